The number of nitrogens with one attached hydrogen (secondary N) is 2. The van der Waals surface area contributed by atoms with E-state index in [1.807, 2.05) is 29.2 Å². The monoisotopic (exact) mass is 396 g/mol. The molecule has 29 heavy (non-hydrogen) atoms. The van der Waals surface area contributed by atoms with Crippen LogP contribution in [-0.2, 0) is 4.74 Å². The van der Waals surface area contributed by atoms with E-state index in [9.17, 15) is 4.79 Å². The van der Waals surface area contributed by atoms with Crippen molar-refractivity contribution in [3.05, 3.63) is 42.2 Å². The molecular weight excluding hydrogens is 368 g/mol. The molecule has 2 aliphatic rings. The molecule has 154 valence electrons. The van der Waals surface area contributed by atoms with Crippen molar-refractivity contribution in [2.75, 3.05) is 62.0 Å². The Labute approximate surface area is 171 Å². The van der Waals surface area contributed by atoms with Crippen LogP contribution in [0.3, 0.4) is 0 Å². The van der Waals surface area contributed by atoms with Gasteiger partial charge >= 0.3 is 0 Å². The smallest absolute Gasteiger partial charge is 0.274 e. The maximum absolute atomic E-state index is 12.9. The lowest BCUT2D eigenvalue weighted by Crippen LogP contribution is -2.37. The minimum absolute atomic E-state index is 0.237. The molecule has 2 aromatic rings. The molecule has 2 N–H and O–H groups in total. The molecule has 3 heterocycles. The lowest BCUT2D eigenvalue weighted by molar-refractivity contribution is 0.102. The molecule has 0 radical (unpaired) electrons. The van der Waals surface area contributed by atoms with Crippen molar-refractivity contribution in [1.82, 2.24) is 14.9 Å². The molecule has 4 rings (SSSR count). The number of carbonyl (C=O) groups is 1. The van der Waals surface area contributed by atoms with Crippen LogP contribution in [0.2, 0.25) is 0 Å². The maximum atomic E-state index is 12.9. The topological polar surface area (TPSA) is 82.6 Å². The average molecular weight is 396 g/mol. The van der Waals surface area contributed by atoms with Gasteiger partial charge in [0.1, 0.15) is 5.69 Å². The Hall–Kier alpha value is -2.71. The van der Waals surface area contributed by atoms with Crippen LogP contribution in [0.1, 0.15) is 23.3 Å². The Morgan fingerprint density at radius 1 is 1.07 bits per heavy atom. The third-order valence-electron chi connectivity index (χ3n) is 5.42. The van der Waals surface area contributed by atoms with Gasteiger partial charge in [0.25, 0.3) is 5.91 Å². The standard InChI is InChI=1S/C21H28N6O2/c1-26-10-7-16(8-11-26)23-17-4-2-3-5-18(17)24-20(28)19-6-9-22-21(25-19)27-12-14-29-15-13-27/h2-6,9,16,23H,7-8,10-15H2,1H3,(H,24,28). The van der Waals surface area contributed by atoms with Crippen molar-refractivity contribution in [1.29, 1.82) is 0 Å². The van der Waals surface area contributed by atoms with Crippen LogP contribution in [0.5, 0.6) is 0 Å². The molecule has 0 atom stereocenters. The van der Waals surface area contributed by atoms with E-state index in [1.165, 1.54) is 0 Å². The van der Waals surface area contributed by atoms with Crippen LogP contribution in [0.15, 0.2) is 36.5 Å². The molecule has 0 unspecified atom stereocenters. The number of carbonyl (C=O) groups excluding carboxylic acids is 1. The molecule has 2 aliphatic heterocycles. The zero-order valence-electron chi connectivity index (χ0n) is 16.8. The molecule has 0 aliphatic carbocycles. The fourth-order valence-corrected chi connectivity index (χ4v) is 3.67. The van der Waals surface area contributed by atoms with Crippen LogP contribution >= 0.6 is 0 Å². The van der Waals surface area contributed by atoms with Gasteiger partial charge < -0.3 is 25.2 Å². The number of anilines is 3. The largest absolute Gasteiger partial charge is 0.381 e. The lowest BCUT2D eigenvalue weighted by Gasteiger charge is -2.30. The van der Waals surface area contributed by atoms with Crippen molar-refractivity contribution in [3.63, 3.8) is 0 Å². The first kappa shape index (κ1) is 19.6. The third-order valence-corrected chi connectivity index (χ3v) is 5.42. The first-order chi connectivity index (χ1) is 14.2. The van der Waals surface area contributed by atoms with E-state index < -0.39 is 0 Å². The second-order valence-electron chi connectivity index (χ2n) is 7.56. The highest BCUT2D eigenvalue weighted by Crippen LogP contribution is 2.25. The Balaban J connectivity index is 1.44. The molecule has 1 aromatic heterocycles. The third kappa shape index (κ3) is 5.02. The number of piperidine rings is 1. The summed E-state index contributed by atoms with van der Waals surface area (Å²) in [4.78, 5) is 26.0. The summed E-state index contributed by atoms with van der Waals surface area (Å²) >= 11 is 0. The Morgan fingerprint density at radius 3 is 2.55 bits per heavy atom. The maximum Gasteiger partial charge on any atom is 0.274 e. The average Bonchev–Trinajstić information content (AvgIpc) is 2.77. The molecule has 8 heteroatoms. The summed E-state index contributed by atoms with van der Waals surface area (Å²) in [6.07, 6.45) is 3.82. The van der Waals surface area contributed by atoms with Gasteiger partial charge in [-0.1, -0.05) is 12.1 Å². The van der Waals surface area contributed by atoms with Gasteiger partial charge in [-0.3, -0.25) is 4.79 Å². The molecule has 2 saturated heterocycles. The predicted octanol–water partition coefficient (Wildman–Crippen LogP) is 2.07. The number of amides is 1. The van der Waals surface area contributed by atoms with Crippen LogP contribution in [0.25, 0.3) is 0 Å². The van der Waals surface area contributed by atoms with Gasteiger partial charge in [0.05, 0.1) is 24.6 Å². The number of benzene rings is 1. The highest BCUT2D eigenvalue weighted by molar-refractivity contribution is 6.04. The van der Waals surface area contributed by atoms with Crippen molar-refractivity contribution in [2.24, 2.45) is 0 Å². The first-order valence-electron chi connectivity index (χ1n) is 10.2. The van der Waals surface area contributed by atoms with Gasteiger partial charge in [0, 0.05) is 25.3 Å². The zero-order valence-corrected chi connectivity index (χ0v) is 16.8. The minimum atomic E-state index is -0.237. The Bertz CT molecular complexity index is 831. The highest BCUT2D eigenvalue weighted by Gasteiger charge is 2.19. The van der Waals surface area contributed by atoms with Gasteiger partial charge in [-0.25, -0.2) is 9.97 Å². The first-order valence-corrected chi connectivity index (χ1v) is 10.2. The Morgan fingerprint density at radius 2 is 1.79 bits per heavy atom. The number of hydrogen-bond donors (Lipinski definition) is 2. The number of para-hydroxylation sites is 2. The van der Waals surface area contributed by atoms with E-state index in [2.05, 4.69) is 32.5 Å². The van der Waals surface area contributed by atoms with Gasteiger partial charge in [-0.15, -0.1) is 0 Å². The predicted molar refractivity (Wildman–Crippen MR) is 114 cm³/mol. The van der Waals surface area contributed by atoms with Crippen molar-refractivity contribution in [2.45, 2.75) is 18.9 Å². The summed E-state index contributed by atoms with van der Waals surface area (Å²) in [6.45, 7) is 4.92. The van der Waals surface area contributed by atoms with Crippen LogP contribution in [0.4, 0.5) is 17.3 Å². The van der Waals surface area contributed by atoms with Crippen LogP contribution in [-0.4, -0.2) is 73.3 Å². The minimum Gasteiger partial charge on any atom is -0.381 e. The number of ether oxygens (including phenoxy) is 1. The van der Waals surface area contributed by atoms with Gasteiger partial charge in [-0.05, 0) is 51.2 Å². The number of likely N-dealkylation sites (tertiary alicyclic amines) is 1. The van der Waals surface area contributed by atoms with Gasteiger partial charge in [-0.2, -0.15) is 0 Å². The molecular formula is C21H28N6O2. The van der Waals surface area contributed by atoms with E-state index in [1.54, 1.807) is 12.3 Å². The lowest BCUT2D eigenvalue weighted by atomic mass is 10.0. The number of aromatic nitrogens is 2. The summed E-state index contributed by atoms with van der Waals surface area (Å²) in [5.41, 5.74) is 2.07. The SMILES string of the molecule is CN1CCC(Nc2ccccc2NC(=O)c2ccnc(N3CCOCC3)n2)CC1. The number of morpholine rings is 1. The van der Waals surface area contributed by atoms with Crippen molar-refractivity contribution in [3.8, 4) is 0 Å². The summed E-state index contributed by atoms with van der Waals surface area (Å²) < 4.78 is 5.37. The Kier molecular flexibility index (Phi) is 6.21. The van der Waals surface area contributed by atoms with Gasteiger partial charge in [0.2, 0.25) is 5.95 Å². The highest BCUT2D eigenvalue weighted by atomic mass is 16.5. The molecule has 1 amide bonds. The molecule has 2 fully saturated rings. The quantitative estimate of drug-likeness (QED) is 0.801. The van der Waals surface area contributed by atoms with Crippen molar-refractivity contribution < 1.29 is 9.53 Å². The fraction of sp³-hybridized carbons (Fsp3) is 0.476. The van der Waals surface area contributed by atoms with Crippen LogP contribution < -0.4 is 15.5 Å². The molecule has 8 nitrogen and oxygen atoms in total. The number of rotatable bonds is 5. The normalized spacial score (nSPS) is 18.4. The van der Waals surface area contributed by atoms with E-state index in [0.717, 1.165) is 50.4 Å². The molecule has 1 aromatic carbocycles. The van der Waals surface area contributed by atoms with E-state index in [0.29, 0.717) is 30.9 Å². The molecule has 0 bridgehead atoms. The second-order valence-corrected chi connectivity index (χ2v) is 7.56. The second kappa shape index (κ2) is 9.19. The van der Waals surface area contributed by atoms with Crippen LogP contribution in [0, 0.1) is 0 Å². The van der Waals surface area contributed by atoms with E-state index >= 15 is 0 Å². The van der Waals surface area contributed by atoms with Gasteiger partial charge in [0.15, 0.2) is 0 Å². The zero-order chi connectivity index (χ0) is 20.1. The fourth-order valence-electron chi connectivity index (χ4n) is 3.67. The number of hydrogen-bond acceptors (Lipinski definition) is 7. The van der Waals surface area contributed by atoms with E-state index in [4.69, 9.17) is 4.74 Å². The molecule has 0 spiro atoms. The summed E-state index contributed by atoms with van der Waals surface area (Å²) in [5.74, 6) is 0.332. The summed E-state index contributed by atoms with van der Waals surface area (Å²) in [5, 5.41) is 6.60. The number of nitrogens with zero attached hydrogens (tertiary/aromatic N) is 4. The molecule has 0 saturated carbocycles. The summed E-state index contributed by atoms with van der Waals surface area (Å²) in [7, 11) is 2.15. The van der Waals surface area contributed by atoms with E-state index in [-0.39, 0.29) is 5.91 Å². The summed E-state index contributed by atoms with van der Waals surface area (Å²) in [6, 6.07) is 9.89. The van der Waals surface area contributed by atoms with Crippen molar-refractivity contribution >= 4 is 23.2 Å².